The number of nitrogens with one attached hydrogen (secondary N) is 1. The van der Waals surface area contributed by atoms with E-state index >= 15 is 0 Å². The predicted molar refractivity (Wildman–Crippen MR) is 72.6 cm³/mol. The van der Waals surface area contributed by atoms with Crippen LogP contribution in [0.5, 0.6) is 0 Å². The summed E-state index contributed by atoms with van der Waals surface area (Å²) >= 11 is 7.36. The van der Waals surface area contributed by atoms with E-state index in [1.54, 1.807) is 23.5 Å². The maximum Gasteiger partial charge on any atom is 0.337 e. The number of hydrogen-bond donors (Lipinski definition) is 2. The van der Waals surface area contributed by atoms with Gasteiger partial charge in [-0.2, -0.15) is 0 Å². The minimum Gasteiger partial charge on any atom is -0.478 e. The van der Waals surface area contributed by atoms with Crippen LogP contribution in [0.25, 0.3) is 0 Å². The van der Waals surface area contributed by atoms with Gasteiger partial charge >= 0.3 is 5.97 Å². The molecule has 0 fully saturated rings. The van der Waals surface area contributed by atoms with E-state index in [0.29, 0.717) is 12.2 Å². The number of carboxylic acid groups (broad SMARTS) is 1. The maximum absolute atomic E-state index is 10.9. The summed E-state index contributed by atoms with van der Waals surface area (Å²) in [5.74, 6) is -1.03. The van der Waals surface area contributed by atoms with Crippen molar-refractivity contribution in [3.63, 3.8) is 0 Å². The van der Waals surface area contributed by atoms with Gasteiger partial charge in [0, 0.05) is 16.8 Å². The van der Waals surface area contributed by atoms with Crippen molar-refractivity contribution in [2.45, 2.75) is 13.5 Å². The largest absolute Gasteiger partial charge is 0.478 e. The van der Waals surface area contributed by atoms with Gasteiger partial charge in [-0.15, -0.1) is 11.3 Å². The number of nitrogens with zero attached hydrogens (tertiary/aromatic N) is 1. The molecular weight excluding hydrogens is 272 g/mol. The summed E-state index contributed by atoms with van der Waals surface area (Å²) in [6.07, 6.45) is 0. The number of hydrogen-bond acceptors (Lipinski definition) is 4. The van der Waals surface area contributed by atoms with E-state index in [1.807, 2.05) is 12.3 Å². The zero-order chi connectivity index (χ0) is 13.1. The first-order chi connectivity index (χ1) is 8.56. The van der Waals surface area contributed by atoms with Crippen LogP contribution in [0.4, 0.5) is 5.69 Å². The minimum absolute atomic E-state index is 0.0944. The van der Waals surface area contributed by atoms with Crippen molar-refractivity contribution >= 4 is 34.6 Å². The van der Waals surface area contributed by atoms with E-state index < -0.39 is 5.97 Å². The molecule has 0 unspecified atom stereocenters. The van der Waals surface area contributed by atoms with Crippen LogP contribution in [-0.2, 0) is 6.54 Å². The van der Waals surface area contributed by atoms with E-state index in [4.69, 9.17) is 16.7 Å². The van der Waals surface area contributed by atoms with E-state index in [9.17, 15) is 4.79 Å². The lowest BCUT2D eigenvalue weighted by molar-refractivity contribution is 0.0697. The first-order valence-electron chi connectivity index (χ1n) is 5.24. The second kappa shape index (κ2) is 5.37. The van der Waals surface area contributed by atoms with Gasteiger partial charge in [-0.1, -0.05) is 11.6 Å². The Morgan fingerprint density at radius 3 is 2.94 bits per heavy atom. The Balaban J connectivity index is 2.10. The molecule has 0 bridgehead atoms. The fourth-order valence-corrected chi connectivity index (χ4v) is 2.37. The Morgan fingerprint density at radius 1 is 1.56 bits per heavy atom. The molecular formula is C12H11ClN2O2S. The molecule has 0 aliphatic heterocycles. The average Bonchev–Trinajstić information content (AvgIpc) is 2.74. The summed E-state index contributed by atoms with van der Waals surface area (Å²) in [6, 6.07) is 4.83. The number of carboxylic acids is 1. The second-order valence-electron chi connectivity index (χ2n) is 3.74. The van der Waals surface area contributed by atoms with E-state index in [-0.39, 0.29) is 10.6 Å². The summed E-state index contributed by atoms with van der Waals surface area (Å²) in [4.78, 5) is 15.2. The molecule has 6 heteroatoms. The van der Waals surface area contributed by atoms with Gasteiger partial charge in [0.1, 0.15) is 5.01 Å². The molecule has 94 valence electrons. The first kappa shape index (κ1) is 12.9. The Morgan fingerprint density at radius 2 is 2.33 bits per heavy atom. The Kier molecular flexibility index (Phi) is 3.84. The monoisotopic (exact) mass is 282 g/mol. The number of rotatable bonds is 4. The van der Waals surface area contributed by atoms with E-state index in [2.05, 4.69) is 10.3 Å². The highest BCUT2D eigenvalue weighted by molar-refractivity contribution is 7.09. The quantitative estimate of drug-likeness (QED) is 0.902. The number of halogens is 1. The summed E-state index contributed by atoms with van der Waals surface area (Å²) in [5, 5.41) is 15.2. The Bertz CT molecular complexity index is 583. The standard InChI is InChI=1S/C12H11ClN2O2S/c1-7-6-18-11(15-7)5-14-8-2-3-10(13)9(4-8)12(16)17/h2-4,6,14H,5H2,1H3,(H,16,17). The number of anilines is 1. The van der Waals surface area contributed by atoms with Crippen molar-refractivity contribution in [2.24, 2.45) is 0 Å². The van der Waals surface area contributed by atoms with E-state index in [0.717, 1.165) is 10.7 Å². The summed E-state index contributed by atoms with van der Waals surface area (Å²) in [7, 11) is 0. The molecule has 0 saturated heterocycles. The van der Waals surface area contributed by atoms with Gasteiger partial charge in [-0.3, -0.25) is 0 Å². The molecule has 1 heterocycles. The topological polar surface area (TPSA) is 62.2 Å². The third-order valence-electron chi connectivity index (χ3n) is 2.31. The van der Waals surface area contributed by atoms with Gasteiger partial charge in [0.15, 0.2) is 0 Å². The molecule has 2 aromatic rings. The fraction of sp³-hybridized carbons (Fsp3) is 0.167. The molecule has 0 radical (unpaired) electrons. The lowest BCUT2D eigenvalue weighted by Crippen LogP contribution is -2.02. The normalized spacial score (nSPS) is 10.3. The molecule has 1 aromatic heterocycles. The molecule has 2 rings (SSSR count). The van der Waals surface area contributed by atoms with Crippen LogP contribution in [0.15, 0.2) is 23.6 Å². The number of aryl methyl sites for hydroxylation is 1. The van der Waals surface area contributed by atoms with Gasteiger partial charge in [0.25, 0.3) is 0 Å². The molecule has 0 amide bonds. The third kappa shape index (κ3) is 3.00. The van der Waals surface area contributed by atoms with Gasteiger partial charge < -0.3 is 10.4 Å². The Hall–Kier alpha value is -1.59. The minimum atomic E-state index is -1.03. The fourth-order valence-electron chi connectivity index (χ4n) is 1.46. The molecule has 0 spiro atoms. The van der Waals surface area contributed by atoms with Crippen LogP contribution < -0.4 is 5.32 Å². The Labute approximate surface area is 113 Å². The molecule has 0 aliphatic rings. The smallest absolute Gasteiger partial charge is 0.337 e. The summed E-state index contributed by atoms with van der Waals surface area (Å²) in [5.41, 5.74) is 1.79. The lowest BCUT2D eigenvalue weighted by atomic mass is 10.2. The number of aromatic nitrogens is 1. The van der Waals surface area contributed by atoms with Crippen molar-refractivity contribution in [2.75, 3.05) is 5.32 Å². The molecule has 0 atom stereocenters. The van der Waals surface area contributed by atoms with Crippen molar-refractivity contribution in [3.8, 4) is 0 Å². The third-order valence-corrected chi connectivity index (χ3v) is 3.60. The van der Waals surface area contributed by atoms with Crippen LogP contribution in [0.2, 0.25) is 5.02 Å². The number of benzene rings is 1. The van der Waals surface area contributed by atoms with Crippen molar-refractivity contribution in [1.82, 2.24) is 4.98 Å². The van der Waals surface area contributed by atoms with Crippen LogP contribution in [0.3, 0.4) is 0 Å². The van der Waals surface area contributed by atoms with Gasteiger partial charge in [-0.25, -0.2) is 9.78 Å². The van der Waals surface area contributed by atoms with Crippen LogP contribution >= 0.6 is 22.9 Å². The van der Waals surface area contributed by atoms with Crippen molar-refractivity contribution in [1.29, 1.82) is 0 Å². The van der Waals surface area contributed by atoms with Crippen molar-refractivity contribution < 1.29 is 9.90 Å². The highest BCUT2D eigenvalue weighted by Crippen LogP contribution is 2.21. The van der Waals surface area contributed by atoms with Crippen LogP contribution in [0, 0.1) is 6.92 Å². The number of aromatic carboxylic acids is 1. The van der Waals surface area contributed by atoms with Gasteiger partial charge in [0.05, 0.1) is 17.1 Å². The molecule has 0 aliphatic carbocycles. The second-order valence-corrected chi connectivity index (χ2v) is 5.09. The average molecular weight is 283 g/mol. The molecule has 0 saturated carbocycles. The molecule has 4 nitrogen and oxygen atoms in total. The highest BCUT2D eigenvalue weighted by atomic mass is 35.5. The maximum atomic E-state index is 10.9. The first-order valence-corrected chi connectivity index (χ1v) is 6.50. The van der Waals surface area contributed by atoms with Crippen LogP contribution in [0.1, 0.15) is 21.1 Å². The summed E-state index contributed by atoms with van der Waals surface area (Å²) < 4.78 is 0. The molecule has 2 N–H and O–H groups in total. The van der Waals surface area contributed by atoms with E-state index in [1.165, 1.54) is 6.07 Å². The SMILES string of the molecule is Cc1csc(CNc2ccc(Cl)c(C(=O)O)c2)n1. The highest BCUT2D eigenvalue weighted by Gasteiger charge is 2.09. The number of carbonyl (C=O) groups is 1. The van der Waals surface area contributed by atoms with Gasteiger partial charge in [-0.05, 0) is 25.1 Å². The van der Waals surface area contributed by atoms with Gasteiger partial charge in [0.2, 0.25) is 0 Å². The van der Waals surface area contributed by atoms with Crippen molar-refractivity contribution in [3.05, 3.63) is 44.9 Å². The van der Waals surface area contributed by atoms with Crippen LogP contribution in [-0.4, -0.2) is 16.1 Å². The predicted octanol–water partition coefficient (Wildman–Crippen LogP) is 3.42. The number of thiazole rings is 1. The molecule has 1 aromatic carbocycles. The zero-order valence-corrected chi connectivity index (χ0v) is 11.2. The summed E-state index contributed by atoms with van der Waals surface area (Å²) in [6.45, 7) is 2.50. The molecule has 18 heavy (non-hydrogen) atoms. The zero-order valence-electron chi connectivity index (χ0n) is 9.61. The lowest BCUT2D eigenvalue weighted by Gasteiger charge is -2.06.